The predicted molar refractivity (Wildman–Crippen MR) is 44.3 cm³/mol. The molecule has 0 aromatic rings. The van der Waals surface area contributed by atoms with Crippen molar-refractivity contribution >= 4 is 5.91 Å². The van der Waals surface area contributed by atoms with Gasteiger partial charge in [-0.15, -0.1) is 0 Å². The second-order valence-electron chi connectivity index (χ2n) is 3.32. The van der Waals surface area contributed by atoms with Crippen molar-refractivity contribution < 1.29 is 4.79 Å². The summed E-state index contributed by atoms with van der Waals surface area (Å²) in [7, 11) is 3.87. The topological polar surface area (TPSA) is 23.6 Å². The van der Waals surface area contributed by atoms with Gasteiger partial charge in [0.1, 0.15) is 0 Å². The summed E-state index contributed by atoms with van der Waals surface area (Å²) >= 11 is 0. The van der Waals surface area contributed by atoms with Crippen LogP contribution in [0.25, 0.3) is 0 Å². The van der Waals surface area contributed by atoms with Crippen LogP contribution in [0.2, 0.25) is 0 Å². The van der Waals surface area contributed by atoms with Crippen molar-refractivity contribution in [3.63, 3.8) is 0 Å². The van der Waals surface area contributed by atoms with Crippen molar-refractivity contribution in [2.24, 2.45) is 0 Å². The molecule has 0 radical (unpaired) electrons. The maximum Gasteiger partial charge on any atom is 0.239 e. The second kappa shape index (κ2) is 3.22. The Morgan fingerprint density at radius 3 is 2.27 bits per heavy atom. The van der Waals surface area contributed by atoms with Crippen LogP contribution in [0.3, 0.4) is 0 Å². The van der Waals surface area contributed by atoms with E-state index >= 15 is 0 Å². The second-order valence-corrected chi connectivity index (χ2v) is 3.32. The minimum absolute atomic E-state index is 0.0373. The zero-order valence-corrected chi connectivity index (χ0v) is 7.50. The van der Waals surface area contributed by atoms with Gasteiger partial charge in [0.05, 0.1) is 6.04 Å². The van der Waals surface area contributed by atoms with Gasteiger partial charge in [-0.05, 0) is 27.4 Å². The Morgan fingerprint density at radius 2 is 2.00 bits per heavy atom. The van der Waals surface area contributed by atoms with E-state index < -0.39 is 0 Å². The van der Waals surface area contributed by atoms with E-state index in [1.54, 1.807) is 0 Å². The van der Waals surface area contributed by atoms with Crippen LogP contribution in [0.15, 0.2) is 0 Å². The Kier molecular flexibility index (Phi) is 2.49. The van der Waals surface area contributed by atoms with Gasteiger partial charge in [-0.3, -0.25) is 9.69 Å². The van der Waals surface area contributed by atoms with E-state index in [2.05, 4.69) is 0 Å². The number of hydrogen-bond acceptors (Lipinski definition) is 2. The highest BCUT2D eigenvalue weighted by molar-refractivity contribution is 5.82. The van der Waals surface area contributed by atoms with Crippen molar-refractivity contribution in [3.8, 4) is 0 Å². The minimum atomic E-state index is 0.0373. The number of rotatable bonds is 2. The van der Waals surface area contributed by atoms with E-state index in [1.165, 1.54) is 6.42 Å². The molecule has 1 saturated heterocycles. The molecule has 1 amide bonds. The van der Waals surface area contributed by atoms with Gasteiger partial charge in [0.25, 0.3) is 0 Å². The lowest BCUT2D eigenvalue weighted by Gasteiger charge is -2.34. The molecule has 0 saturated carbocycles. The Labute approximate surface area is 68.0 Å². The highest BCUT2D eigenvalue weighted by atomic mass is 16.2. The quantitative estimate of drug-likeness (QED) is 0.569. The van der Waals surface area contributed by atoms with Gasteiger partial charge >= 0.3 is 0 Å². The molecule has 3 nitrogen and oxygen atoms in total. The smallest absolute Gasteiger partial charge is 0.239 e. The Hall–Kier alpha value is -0.570. The molecule has 1 aliphatic heterocycles. The average molecular weight is 156 g/mol. The van der Waals surface area contributed by atoms with Gasteiger partial charge in [-0.1, -0.05) is 0 Å². The summed E-state index contributed by atoms with van der Waals surface area (Å²) in [6, 6.07) is 0.0373. The maximum atomic E-state index is 11.5. The molecule has 3 heteroatoms. The fourth-order valence-electron chi connectivity index (χ4n) is 1.02. The van der Waals surface area contributed by atoms with E-state index in [4.69, 9.17) is 0 Å². The maximum absolute atomic E-state index is 11.5. The zero-order valence-electron chi connectivity index (χ0n) is 7.50. The van der Waals surface area contributed by atoms with E-state index in [0.717, 1.165) is 13.1 Å². The molecule has 0 spiro atoms. The highest BCUT2D eigenvalue weighted by Crippen LogP contribution is 2.09. The first-order chi connectivity index (χ1) is 5.13. The predicted octanol–water partition coefficient (Wildman–Crippen LogP) is 0.169. The van der Waals surface area contributed by atoms with Crippen LogP contribution in [0.1, 0.15) is 13.3 Å². The summed E-state index contributed by atoms with van der Waals surface area (Å²) in [5.41, 5.74) is 0. The third-order valence-electron chi connectivity index (χ3n) is 2.30. The first-order valence-corrected chi connectivity index (χ1v) is 4.08. The normalized spacial score (nSPS) is 19.8. The molecule has 0 unspecified atom stereocenters. The lowest BCUT2D eigenvalue weighted by Crippen LogP contribution is -2.50. The summed E-state index contributed by atoms with van der Waals surface area (Å²) < 4.78 is 0. The molecule has 1 aliphatic rings. The van der Waals surface area contributed by atoms with Crippen LogP contribution in [0.5, 0.6) is 0 Å². The molecular formula is C8H16N2O. The van der Waals surface area contributed by atoms with Crippen LogP contribution in [0.4, 0.5) is 0 Å². The molecule has 1 fully saturated rings. The van der Waals surface area contributed by atoms with Crippen molar-refractivity contribution in [3.05, 3.63) is 0 Å². The van der Waals surface area contributed by atoms with Crippen LogP contribution in [-0.2, 0) is 4.79 Å². The van der Waals surface area contributed by atoms with Crippen LogP contribution in [-0.4, -0.2) is 48.9 Å². The van der Waals surface area contributed by atoms with Crippen molar-refractivity contribution in [2.75, 3.05) is 27.2 Å². The van der Waals surface area contributed by atoms with Gasteiger partial charge < -0.3 is 4.90 Å². The number of amides is 1. The van der Waals surface area contributed by atoms with E-state index in [9.17, 15) is 4.79 Å². The number of hydrogen-bond donors (Lipinski definition) is 0. The third kappa shape index (κ3) is 1.71. The molecule has 0 aromatic heterocycles. The summed E-state index contributed by atoms with van der Waals surface area (Å²) in [4.78, 5) is 15.3. The fraction of sp³-hybridized carbons (Fsp3) is 0.875. The fourth-order valence-corrected chi connectivity index (χ4v) is 1.02. The van der Waals surface area contributed by atoms with Crippen molar-refractivity contribution in [1.82, 2.24) is 9.80 Å². The molecular weight excluding hydrogens is 140 g/mol. The average Bonchev–Trinajstić information content (AvgIpc) is 1.82. The van der Waals surface area contributed by atoms with Gasteiger partial charge in [0.2, 0.25) is 5.91 Å². The van der Waals surface area contributed by atoms with E-state index in [-0.39, 0.29) is 11.9 Å². The van der Waals surface area contributed by atoms with Gasteiger partial charge in [0, 0.05) is 13.1 Å². The minimum Gasteiger partial charge on any atom is -0.341 e. The molecule has 0 bridgehead atoms. The first kappa shape index (κ1) is 8.53. The van der Waals surface area contributed by atoms with Crippen LogP contribution >= 0.6 is 0 Å². The number of likely N-dealkylation sites (tertiary alicyclic amines) is 1. The van der Waals surface area contributed by atoms with Gasteiger partial charge in [-0.25, -0.2) is 0 Å². The van der Waals surface area contributed by atoms with E-state index in [1.807, 2.05) is 30.8 Å². The van der Waals surface area contributed by atoms with Crippen molar-refractivity contribution in [1.29, 1.82) is 0 Å². The SMILES string of the molecule is C[C@@H](C(=O)N1CCC1)N(C)C. The van der Waals surface area contributed by atoms with Gasteiger partial charge in [0.15, 0.2) is 0 Å². The lowest BCUT2D eigenvalue weighted by molar-refractivity contribution is -0.138. The number of likely N-dealkylation sites (N-methyl/N-ethyl adjacent to an activating group) is 1. The summed E-state index contributed by atoms with van der Waals surface area (Å²) in [6.45, 7) is 3.86. The Morgan fingerprint density at radius 1 is 1.45 bits per heavy atom. The standard InChI is InChI=1S/C8H16N2O/c1-7(9(2)3)8(11)10-5-4-6-10/h7H,4-6H2,1-3H3/t7-/m0/s1. The largest absolute Gasteiger partial charge is 0.341 e. The zero-order chi connectivity index (χ0) is 8.43. The third-order valence-corrected chi connectivity index (χ3v) is 2.30. The molecule has 0 aromatic carbocycles. The van der Waals surface area contributed by atoms with Crippen molar-refractivity contribution in [2.45, 2.75) is 19.4 Å². The lowest BCUT2D eigenvalue weighted by atomic mass is 10.1. The summed E-state index contributed by atoms with van der Waals surface area (Å²) in [5.74, 6) is 0.265. The Bertz CT molecular complexity index is 152. The Balaban J connectivity index is 2.39. The molecule has 0 aliphatic carbocycles. The molecule has 1 heterocycles. The molecule has 0 N–H and O–H groups in total. The molecule has 64 valence electrons. The molecule has 1 rings (SSSR count). The summed E-state index contributed by atoms with van der Waals surface area (Å²) in [5, 5.41) is 0. The monoisotopic (exact) mass is 156 g/mol. The molecule has 1 atom stereocenters. The van der Waals surface area contributed by atoms with Crippen LogP contribution in [0, 0.1) is 0 Å². The van der Waals surface area contributed by atoms with E-state index in [0.29, 0.717) is 0 Å². The summed E-state index contributed by atoms with van der Waals surface area (Å²) in [6.07, 6.45) is 1.17. The number of nitrogens with zero attached hydrogens (tertiary/aromatic N) is 2. The number of carbonyl (C=O) groups excluding carboxylic acids is 1. The number of carbonyl (C=O) groups is 1. The first-order valence-electron chi connectivity index (χ1n) is 4.08. The highest BCUT2D eigenvalue weighted by Gasteiger charge is 2.25. The molecule has 11 heavy (non-hydrogen) atoms. The van der Waals surface area contributed by atoms with Crippen LogP contribution < -0.4 is 0 Å². The van der Waals surface area contributed by atoms with Gasteiger partial charge in [-0.2, -0.15) is 0 Å².